The summed E-state index contributed by atoms with van der Waals surface area (Å²) in [5.74, 6) is 0. The predicted octanol–water partition coefficient (Wildman–Crippen LogP) is -0.828. The number of alkyl halides is 1. The highest BCUT2D eigenvalue weighted by Crippen LogP contribution is 2.22. The Bertz CT molecular complexity index is 39.3. The molecule has 0 heterocycles. The molecule has 7 heavy (non-hydrogen) atoms. The van der Waals surface area contributed by atoms with Gasteiger partial charge in [0.05, 0.1) is 0 Å². The lowest BCUT2D eigenvalue weighted by Crippen LogP contribution is -3.00. The predicted molar refractivity (Wildman–Crippen MR) is 28.1 cm³/mol. The summed E-state index contributed by atoms with van der Waals surface area (Å²) in [6.07, 6.45) is 5.21. The zero-order valence-electron chi connectivity index (χ0n) is 4.16. The Balaban J connectivity index is 0.000000360. The molecule has 0 saturated heterocycles. The molecular formula is C5H9Cl2-. The van der Waals surface area contributed by atoms with Crippen LogP contribution in [-0.2, 0) is 0 Å². The van der Waals surface area contributed by atoms with Gasteiger partial charge < -0.3 is 12.4 Å². The smallest absolute Gasteiger partial charge is 0.0336 e. The molecule has 1 saturated carbocycles. The molecule has 44 valence electrons. The third kappa shape index (κ3) is 2.40. The SMILES string of the molecule is ClC1CCCC1.[Cl-]. The van der Waals surface area contributed by atoms with Crippen molar-refractivity contribution in [2.45, 2.75) is 31.1 Å². The van der Waals surface area contributed by atoms with Gasteiger partial charge in [0.25, 0.3) is 0 Å². The summed E-state index contributed by atoms with van der Waals surface area (Å²) in [5, 5.41) is 0.519. The molecule has 1 fully saturated rings. The fourth-order valence-corrected chi connectivity index (χ4v) is 1.18. The molecule has 0 radical (unpaired) electrons. The van der Waals surface area contributed by atoms with E-state index in [4.69, 9.17) is 11.6 Å². The monoisotopic (exact) mass is 139 g/mol. The van der Waals surface area contributed by atoms with Gasteiger partial charge in [-0.2, -0.15) is 0 Å². The van der Waals surface area contributed by atoms with Crippen molar-refractivity contribution in [3.05, 3.63) is 0 Å². The van der Waals surface area contributed by atoms with Crippen LogP contribution >= 0.6 is 11.6 Å². The Morgan fingerprint density at radius 3 is 1.71 bits per heavy atom. The number of hydrogen-bond donors (Lipinski definition) is 0. The fourth-order valence-electron chi connectivity index (χ4n) is 0.876. The molecule has 0 spiro atoms. The summed E-state index contributed by atoms with van der Waals surface area (Å²) < 4.78 is 0. The van der Waals surface area contributed by atoms with Crippen LogP contribution in [0.25, 0.3) is 0 Å². The van der Waals surface area contributed by atoms with Gasteiger partial charge in [-0.1, -0.05) is 12.8 Å². The maximum atomic E-state index is 5.71. The molecule has 0 bridgehead atoms. The minimum atomic E-state index is 0. The van der Waals surface area contributed by atoms with E-state index >= 15 is 0 Å². The Hall–Kier alpha value is 0.580. The first kappa shape index (κ1) is 7.58. The number of hydrogen-bond acceptors (Lipinski definition) is 0. The lowest BCUT2D eigenvalue weighted by atomic mass is 10.4. The summed E-state index contributed by atoms with van der Waals surface area (Å²) in [6, 6.07) is 0. The molecule has 1 aliphatic carbocycles. The molecule has 1 aliphatic rings. The Morgan fingerprint density at radius 1 is 1.14 bits per heavy atom. The quantitative estimate of drug-likeness (QED) is 0.385. The van der Waals surface area contributed by atoms with Crippen LogP contribution in [0.3, 0.4) is 0 Å². The summed E-state index contributed by atoms with van der Waals surface area (Å²) in [4.78, 5) is 0. The molecule has 0 aromatic rings. The highest BCUT2D eigenvalue weighted by atomic mass is 35.5. The fraction of sp³-hybridized carbons (Fsp3) is 1.00. The second-order valence-electron chi connectivity index (χ2n) is 1.88. The van der Waals surface area contributed by atoms with Crippen molar-refractivity contribution < 1.29 is 12.4 Å². The highest BCUT2D eigenvalue weighted by Gasteiger charge is 2.09. The van der Waals surface area contributed by atoms with E-state index in [9.17, 15) is 0 Å². The van der Waals surface area contributed by atoms with E-state index in [0.29, 0.717) is 5.38 Å². The Morgan fingerprint density at radius 2 is 1.57 bits per heavy atom. The molecule has 0 N–H and O–H groups in total. The van der Waals surface area contributed by atoms with E-state index in [0.717, 1.165) is 0 Å². The second-order valence-corrected chi connectivity index (χ2v) is 2.50. The molecule has 2 heteroatoms. The van der Waals surface area contributed by atoms with Crippen molar-refractivity contribution >= 4 is 11.6 Å². The van der Waals surface area contributed by atoms with Gasteiger partial charge in [0.2, 0.25) is 0 Å². The van der Waals surface area contributed by atoms with E-state index in [-0.39, 0.29) is 12.4 Å². The molecule has 0 aliphatic heterocycles. The van der Waals surface area contributed by atoms with Crippen LogP contribution in [0.1, 0.15) is 25.7 Å². The Kier molecular flexibility index (Phi) is 3.86. The molecular weight excluding hydrogens is 131 g/mol. The average molecular weight is 140 g/mol. The van der Waals surface area contributed by atoms with Crippen molar-refractivity contribution in [3.63, 3.8) is 0 Å². The largest absolute Gasteiger partial charge is 1.00 e. The second kappa shape index (κ2) is 3.57. The van der Waals surface area contributed by atoms with Crippen LogP contribution in [0.5, 0.6) is 0 Å². The first-order valence-corrected chi connectivity index (χ1v) is 2.97. The molecule has 0 aromatic carbocycles. The van der Waals surface area contributed by atoms with E-state index in [2.05, 4.69) is 0 Å². The highest BCUT2D eigenvalue weighted by molar-refractivity contribution is 6.20. The van der Waals surface area contributed by atoms with E-state index in [1.807, 2.05) is 0 Å². The lowest BCUT2D eigenvalue weighted by molar-refractivity contribution is -0.00000122. The minimum Gasteiger partial charge on any atom is -1.00 e. The summed E-state index contributed by atoms with van der Waals surface area (Å²) in [7, 11) is 0. The van der Waals surface area contributed by atoms with Crippen molar-refractivity contribution in [1.82, 2.24) is 0 Å². The van der Waals surface area contributed by atoms with Gasteiger partial charge >= 0.3 is 0 Å². The summed E-state index contributed by atoms with van der Waals surface area (Å²) in [5.41, 5.74) is 0. The van der Waals surface area contributed by atoms with Gasteiger partial charge in [-0.05, 0) is 12.8 Å². The van der Waals surface area contributed by atoms with Gasteiger partial charge in [-0.25, -0.2) is 0 Å². The van der Waals surface area contributed by atoms with Gasteiger partial charge in [-0.3, -0.25) is 0 Å². The van der Waals surface area contributed by atoms with Gasteiger partial charge in [0.15, 0.2) is 0 Å². The molecule has 1 rings (SSSR count). The van der Waals surface area contributed by atoms with Gasteiger partial charge in [-0.15, -0.1) is 11.6 Å². The Labute approximate surface area is 55.6 Å². The van der Waals surface area contributed by atoms with E-state index in [1.165, 1.54) is 25.7 Å². The van der Waals surface area contributed by atoms with Crippen molar-refractivity contribution in [2.75, 3.05) is 0 Å². The van der Waals surface area contributed by atoms with Crippen LogP contribution in [-0.4, -0.2) is 5.38 Å². The number of halogens is 2. The normalized spacial score (nSPS) is 21.9. The lowest BCUT2D eigenvalue weighted by Gasteiger charge is -1.88. The van der Waals surface area contributed by atoms with Crippen LogP contribution in [0, 0.1) is 0 Å². The first-order chi connectivity index (χ1) is 2.89. The van der Waals surface area contributed by atoms with Crippen LogP contribution < -0.4 is 12.4 Å². The molecule has 0 amide bonds. The molecule has 0 aromatic heterocycles. The maximum Gasteiger partial charge on any atom is 0.0336 e. The zero-order valence-corrected chi connectivity index (χ0v) is 5.67. The van der Waals surface area contributed by atoms with Crippen LogP contribution in [0.4, 0.5) is 0 Å². The summed E-state index contributed by atoms with van der Waals surface area (Å²) in [6.45, 7) is 0. The minimum absolute atomic E-state index is 0. The zero-order chi connectivity index (χ0) is 4.41. The molecule has 0 atom stereocenters. The third-order valence-electron chi connectivity index (χ3n) is 1.28. The van der Waals surface area contributed by atoms with Crippen LogP contribution in [0.2, 0.25) is 0 Å². The molecule has 0 nitrogen and oxygen atoms in total. The van der Waals surface area contributed by atoms with E-state index < -0.39 is 0 Å². The average Bonchev–Trinajstić information content (AvgIpc) is 1.86. The van der Waals surface area contributed by atoms with Gasteiger partial charge in [0, 0.05) is 5.38 Å². The van der Waals surface area contributed by atoms with E-state index in [1.54, 1.807) is 0 Å². The third-order valence-corrected chi connectivity index (χ3v) is 1.72. The molecule has 0 unspecified atom stereocenters. The summed E-state index contributed by atoms with van der Waals surface area (Å²) >= 11 is 5.71. The topological polar surface area (TPSA) is 0 Å². The van der Waals surface area contributed by atoms with Crippen LogP contribution in [0.15, 0.2) is 0 Å². The first-order valence-electron chi connectivity index (χ1n) is 2.53. The standard InChI is InChI=1S/C5H9Cl.ClH/c6-5-3-1-2-4-5;/h5H,1-4H2;1H/p-1. The van der Waals surface area contributed by atoms with Crippen molar-refractivity contribution in [1.29, 1.82) is 0 Å². The van der Waals surface area contributed by atoms with Crippen molar-refractivity contribution in [3.8, 4) is 0 Å². The maximum absolute atomic E-state index is 5.71. The number of rotatable bonds is 0. The van der Waals surface area contributed by atoms with Gasteiger partial charge in [0.1, 0.15) is 0 Å². The van der Waals surface area contributed by atoms with Crippen molar-refractivity contribution in [2.24, 2.45) is 0 Å².